The Balaban J connectivity index is 0.000000437. The third-order valence-electron chi connectivity index (χ3n) is 8.45. The summed E-state index contributed by atoms with van der Waals surface area (Å²) in [5.41, 5.74) is 6.17. The van der Waals surface area contributed by atoms with E-state index < -0.39 is 11.4 Å². The number of aromatic nitrogens is 2. The monoisotopic (exact) mass is 569 g/mol. The molecule has 1 aliphatic heterocycles. The van der Waals surface area contributed by atoms with E-state index in [4.69, 9.17) is 9.72 Å². The lowest BCUT2D eigenvalue weighted by atomic mass is 9.84. The van der Waals surface area contributed by atoms with Gasteiger partial charge in [-0.05, 0) is 90.2 Å². The molecule has 224 valence electrons. The first kappa shape index (κ1) is 31.5. The summed E-state index contributed by atoms with van der Waals surface area (Å²) in [4.78, 5) is 19.0. The summed E-state index contributed by atoms with van der Waals surface area (Å²) in [6, 6.07) is 25.0. The first-order valence-corrected chi connectivity index (χ1v) is 15.3. The van der Waals surface area contributed by atoms with Crippen LogP contribution in [-0.2, 0) is 27.9 Å². The first-order chi connectivity index (χ1) is 20.2. The van der Waals surface area contributed by atoms with Crippen LogP contribution in [0.3, 0.4) is 0 Å². The van der Waals surface area contributed by atoms with Crippen LogP contribution in [0.5, 0.6) is 0 Å². The van der Waals surface area contributed by atoms with Crippen molar-refractivity contribution in [3.8, 4) is 0 Å². The minimum atomic E-state index is -0.862. The van der Waals surface area contributed by atoms with Gasteiger partial charge in [0.15, 0.2) is 0 Å². The quantitative estimate of drug-likeness (QED) is 0.205. The van der Waals surface area contributed by atoms with Gasteiger partial charge in [-0.1, -0.05) is 71.8 Å². The van der Waals surface area contributed by atoms with Gasteiger partial charge in [-0.2, -0.15) is 0 Å². The van der Waals surface area contributed by atoms with Crippen LogP contribution in [0.25, 0.3) is 11.0 Å². The number of rotatable bonds is 10. The minimum absolute atomic E-state index is 0.475. The lowest BCUT2D eigenvalue weighted by molar-refractivity contribution is -0.142. The van der Waals surface area contributed by atoms with Crippen molar-refractivity contribution in [3.05, 3.63) is 101 Å². The van der Waals surface area contributed by atoms with Gasteiger partial charge < -0.3 is 19.3 Å². The second kappa shape index (κ2) is 14.6. The number of imidazole rings is 1. The van der Waals surface area contributed by atoms with Crippen LogP contribution in [0.1, 0.15) is 67.6 Å². The van der Waals surface area contributed by atoms with Crippen molar-refractivity contribution in [2.75, 3.05) is 32.8 Å². The van der Waals surface area contributed by atoms with E-state index in [0.717, 1.165) is 63.1 Å². The number of para-hydroxylation sites is 2. The summed E-state index contributed by atoms with van der Waals surface area (Å²) in [5, 5.41) is 9.43. The van der Waals surface area contributed by atoms with Crippen LogP contribution in [-0.4, -0.2) is 58.4 Å². The molecule has 42 heavy (non-hydrogen) atoms. The normalized spacial score (nSPS) is 14.5. The average Bonchev–Trinajstić information content (AvgIpc) is 3.37. The molecule has 4 aromatic rings. The predicted octanol–water partition coefficient (Wildman–Crippen LogP) is 7.16. The van der Waals surface area contributed by atoms with E-state index in [1.807, 2.05) is 19.1 Å². The van der Waals surface area contributed by atoms with Gasteiger partial charge in [-0.25, -0.2) is 4.98 Å². The van der Waals surface area contributed by atoms with Crippen molar-refractivity contribution in [2.24, 2.45) is 0 Å². The summed E-state index contributed by atoms with van der Waals surface area (Å²) in [6.07, 6.45) is 3.21. The molecule has 1 aliphatic rings. The van der Waals surface area contributed by atoms with Crippen LogP contribution >= 0.6 is 0 Å². The zero-order valence-corrected chi connectivity index (χ0v) is 26.0. The van der Waals surface area contributed by atoms with Gasteiger partial charge in [-0.3, -0.25) is 4.79 Å². The molecule has 0 aliphatic carbocycles. The minimum Gasteiger partial charge on any atom is -0.481 e. The van der Waals surface area contributed by atoms with Crippen LogP contribution in [0.15, 0.2) is 72.8 Å². The smallest absolute Gasteiger partial charge is 0.313 e. The molecule has 3 aromatic carbocycles. The Labute approximate surface area is 251 Å². The fourth-order valence-corrected chi connectivity index (χ4v) is 5.49. The Kier molecular flexibility index (Phi) is 10.9. The lowest BCUT2D eigenvalue weighted by Gasteiger charge is -2.32. The predicted molar refractivity (Wildman–Crippen MR) is 171 cm³/mol. The summed E-state index contributed by atoms with van der Waals surface area (Å²) in [6.45, 7) is 15.2. The Morgan fingerprint density at radius 3 is 2.14 bits per heavy atom. The van der Waals surface area contributed by atoms with Gasteiger partial charge in [0.25, 0.3) is 0 Å². The number of aliphatic carboxylic acids is 1. The molecule has 6 heteroatoms. The molecule has 1 saturated heterocycles. The number of nitrogens with zero attached hydrogens (tertiary/aromatic N) is 3. The van der Waals surface area contributed by atoms with E-state index >= 15 is 0 Å². The highest BCUT2D eigenvalue weighted by Gasteiger charge is 2.29. The van der Waals surface area contributed by atoms with Crippen LogP contribution < -0.4 is 0 Å². The lowest BCUT2D eigenvalue weighted by Crippen LogP contribution is -2.35. The second-order valence-corrected chi connectivity index (χ2v) is 12.0. The zero-order valence-electron chi connectivity index (χ0n) is 26.0. The molecule has 6 nitrogen and oxygen atoms in total. The zero-order chi connectivity index (χ0) is 30.1. The van der Waals surface area contributed by atoms with Crippen molar-refractivity contribution in [1.29, 1.82) is 0 Å². The molecule has 0 bridgehead atoms. The van der Waals surface area contributed by atoms with Gasteiger partial charge in [0.1, 0.15) is 5.82 Å². The van der Waals surface area contributed by atoms with E-state index in [0.29, 0.717) is 12.5 Å². The fourth-order valence-electron chi connectivity index (χ4n) is 5.49. The molecule has 2 heterocycles. The number of aryl methyl sites for hydroxylation is 2. The molecule has 5 rings (SSSR count). The second-order valence-electron chi connectivity index (χ2n) is 12.0. The Morgan fingerprint density at radius 1 is 0.929 bits per heavy atom. The van der Waals surface area contributed by atoms with Gasteiger partial charge in [0.2, 0.25) is 0 Å². The Morgan fingerprint density at radius 2 is 1.55 bits per heavy atom. The number of ether oxygens (including phenoxy) is 1. The van der Waals surface area contributed by atoms with Crippen LogP contribution in [0.2, 0.25) is 0 Å². The van der Waals surface area contributed by atoms with Gasteiger partial charge in [-0.15, -0.1) is 0 Å². The maximum atomic E-state index is 11.5. The van der Waals surface area contributed by atoms with E-state index in [-0.39, 0.29) is 0 Å². The highest BCUT2D eigenvalue weighted by atomic mass is 16.5. The van der Waals surface area contributed by atoms with E-state index in [1.165, 1.54) is 28.0 Å². The van der Waals surface area contributed by atoms with Crippen LogP contribution in [0.4, 0.5) is 0 Å². The highest BCUT2D eigenvalue weighted by Crippen LogP contribution is 2.30. The van der Waals surface area contributed by atoms with Crippen molar-refractivity contribution >= 4 is 17.0 Å². The summed E-state index contributed by atoms with van der Waals surface area (Å²) >= 11 is 0. The molecular formula is C36H47N3O3. The number of fused-ring (bicyclic) bond motifs is 1. The number of piperidine rings is 1. The van der Waals surface area contributed by atoms with E-state index in [2.05, 4.69) is 84.0 Å². The number of hydrogen-bond acceptors (Lipinski definition) is 4. The summed E-state index contributed by atoms with van der Waals surface area (Å²) in [5.74, 6) is 0.884. The number of carboxylic acids is 1. The van der Waals surface area contributed by atoms with Crippen molar-refractivity contribution in [3.63, 3.8) is 0 Å². The molecule has 0 amide bonds. The molecule has 1 N–H and O–H groups in total. The molecule has 0 saturated carbocycles. The molecule has 0 unspecified atom stereocenters. The summed E-state index contributed by atoms with van der Waals surface area (Å²) in [7, 11) is 0. The number of carboxylic acid groups (broad SMARTS) is 1. The number of benzene rings is 3. The molecule has 0 atom stereocenters. The standard InChI is InChI=1S/C28H37N3O3.C8H10/c1-4-34-20-19-31-25-8-6-5-7-24(25)29-26(31)22-14-17-30(18-15-22)16-13-21-9-11-23(12-10-21)28(2,3)27(32)33;1-7-3-5-8(2)6-4-7/h5-12,22H,4,13-20H2,1-3H3,(H,32,33);3-6H,1-2H3. The third-order valence-corrected chi connectivity index (χ3v) is 8.45. The Hall–Kier alpha value is -3.48. The highest BCUT2D eigenvalue weighted by molar-refractivity contribution is 5.80. The fraction of sp³-hybridized carbons (Fsp3) is 0.444. The largest absolute Gasteiger partial charge is 0.481 e. The maximum Gasteiger partial charge on any atom is 0.313 e. The topological polar surface area (TPSA) is 67.6 Å². The van der Waals surface area contributed by atoms with E-state index in [9.17, 15) is 9.90 Å². The molecular weight excluding hydrogens is 522 g/mol. The van der Waals surface area contributed by atoms with Crippen molar-refractivity contribution < 1.29 is 14.6 Å². The van der Waals surface area contributed by atoms with Gasteiger partial charge in [0, 0.05) is 25.6 Å². The third kappa shape index (κ3) is 8.08. The number of carbonyl (C=O) groups is 1. The molecule has 1 fully saturated rings. The molecule has 0 radical (unpaired) electrons. The maximum absolute atomic E-state index is 11.5. The SMILES string of the molecule is CCOCCn1c(C2CCN(CCc3ccc(C(C)(C)C(=O)O)cc3)CC2)nc2ccccc21.Cc1ccc(C)cc1. The number of likely N-dealkylation sites (tertiary alicyclic amines) is 1. The first-order valence-electron chi connectivity index (χ1n) is 15.3. The van der Waals surface area contributed by atoms with Gasteiger partial charge >= 0.3 is 5.97 Å². The van der Waals surface area contributed by atoms with Crippen molar-refractivity contribution in [1.82, 2.24) is 14.5 Å². The van der Waals surface area contributed by atoms with Crippen LogP contribution in [0, 0.1) is 13.8 Å². The molecule has 1 aromatic heterocycles. The average molecular weight is 570 g/mol. The Bertz CT molecular complexity index is 1390. The van der Waals surface area contributed by atoms with E-state index in [1.54, 1.807) is 13.8 Å². The molecule has 0 spiro atoms. The van der Waals surface area contributed by atoms with Gasteiger partial charge in [0.05, 0.1) is 23.1 Å². The number of hydrogen-bond donors (Lipinski definition) is 1. The van der Waals surface area contributed by atoms with Crippen molar-refractivity contribution in [2.45, 2.75) is 71.8 Å². The summed E-state index contributed by atoms with van der Waals surface area (Å²) < 4.78 is 8.01.